The van der Waals surface area contributed by atoms with Crippen LogP contribution in [0, 0.1) is 0 Å². The van der Waals surface area contributed by atoms with Gasteiger partial charge in [0.2, 0.25) is 0 Å². The van der Waals surface area contributed by atoms with Crippen molar-refractivity contribution in [1.82, 2.24) is 4.90 Å². The SMILES string of the molecule is COc1ccc(-c2ccc3c(c2)C[C@@H](N(C[C@H](O)c2ccc(Cl)cc2)C(=O)OC(C)(C)C)CC3)cc1C=O. The first kappa shape index (κ1) is 27.7. The lowest BCUT2D eigenvalue weighted by atomic mass is 9.85. The number of aliphatic hydroxyl groups excluding tert-OH is 1. The molecular formula is C31H34ClNO5. The maximum absolute atomic E-state index is 13.3. The van der Waals surface area contributed by atoms with Crippen molar-refractivity contribution >= 4 is 24.0 Å². The van der Waals surface area contributed by atoms with Crippen LogP contribution in [0.5, 0.6) is 5.75 Å². The van der Waals surface area contributed by atoms with E-state index in [2.05, 4.69) is 18.2 Å². The van der Waals surface area contributed by atoms with E-state index in [0.717, 1.165) is 35.8 Å². The summed E-state index contributed by atoms with van der Waals surface area (Å²) in [6.07, 6.45) is 1.67. The molecule has 3 aromatic carbocycles. The van der Waals surface area contributed by atoms with Crippen molar-refractivity contribution in [3.63, 3.8) is 0 Å². The van der Waals surface area contributed by atoms with Crippen LogP contribution in [-0.2, 0) is 17.6 Å². The molecule has 7 heteroatoms. The Morgan fingerprint density at radius 3 is 2.42 bits per heavy atom. The third kappa shape index (κ3) is 6.55. The van der Waals surface area contributed by atoms with Crippen LogP contribution in [0.4, 0.5) is 4.79 Å². The number of halogens is 1. The molecule has 1 amide bonds. The van der Waals surface area contributed by atoms with E-state index >= 15 is 0 Å². The summed E-state index contributed by atoms with van der Waals surface area (Å²) in [4.78, 5) is 26.5. The molecule has 2 atom stereocenters. The number of carbonyl (C=O) groups is 2. The van der Waals surface area contributed by atoms with Gasteiger partial charge in [-0.1, -0.05) is 48.0 Å². The first-order valence-corrected chi connectivity index (χ1v) is 13.1. The Morgan fingerprint density at radius 2 is 1.76 bits per heavy atom. The summed E-state index contributed by atoms with van der Waals surface area (Å²) in [5.74, 6) is 0.536. The van der Waals surface area contributed by atoms with E-state index in [0.29, 0.717) is 28.3 Å². The quantitative estimate of drug-likeness (QED) is 0.342. The van der Waals surface area contributed by atoms with Crippen molar-refractivity contribution in [3.05, 3.63) is 87.9 Å². The number of carbonyl (C=O) groups excluding carboxylic acids is 2. The molecule has 38 heavy (non-hydrogen) atoms. The number of hydrogen-bond acceptors (Lipinski definition) is 5. The Labute approximate surface area is 229 Å². The monoisotopic (exact) mass is 535 g/mol. The summed E-state index contributed by atoms with van der Waals surface area (Å²) >= 11 is 6.01. The number of aliphatic hydroxyl groups is 1. The van der Waals surface area contributed by atoms with Gasteiger partial charge in [0, 0.05) is 11.1 Å². The zero-order valence-electron chi connectivity index (χ0n) is 22.2. The second kappa shape index (κ2) is 11.6. The third-order valence-corrected chi connectivity index (χ3v) is 7.04. The Kier molecular flexibility index (Phi) is 8.44. The van der Waals surface area contributed by atoms with E-state index in [1.54, 1.807) is 42.3 Å². The normalized spacial score (nSPS) is 15.8. The van der Waals surface area contributed by atoms with Gasteiger partial charge < -0.3 is 19.5 Å². The molecule has 4 rings (SSSR count). The Bertz CT molecular complexity index is 1300. The molecule has 0 saturated heterocycles. The summed E-state index contributed by atoms with van der Waals surface area (Å²) in [5.41, 5.74) is 4.79. The van der Waals surface area contributed by atoms with Crippen molar-refractivity contribution in [2.75, 3.05) is 13.7 Å². The predicted octanol–water partition coefficient (Wildman–Crippen LogP) is 6.66. The highest BCUT2D eigenvalue weighted by Gasteiger charge is 2.33. The average molecular weight is 536 g/mol. The Hall–Kier alpha value is -3.35. The molecule has 6 nitrogen and oxygen atoms in total. The molecule has 1 aliphatic rings. The minimum Gasteiger partial charge on any atom is -0.496 e. The molecule has 0 aromatic heterocycles. The van der Waals surface area contributed by atoms with E-state index in [1.807, 2.05) is 32.9 Å². The number of aryl methyl sites for hydroxylation is 1. The number of nitrogens with zero attached hydrogens (tertiary/aromatic N) is 1. The summed E-state index contributed by atoms with van der Waals surface area (Å²) in [6.45, 7) is 5.62. The van der Waals surface area contributed by atoms with Gasteiger partial charge in [-0.3, -0.25) is 4.79 Å². The number of hydrogen-bond donors (Lipinski definition) is 1. The van der Waals surface area contributed by atoms with Crippen molar-refractivity contribution in [2.45, 2.75) is 57.8 Å². The first-order valence-electron chi connectivity index (χ1n) is 12.8. The largest absolute Gasteiger partial charge is 0.496 e. The van der Waals surface area contributed by atoms with E-state index in [1.165, 1.54) is 5.56 Å². The maximum Gasteiger partial charge on any atom is 0.410 e. The van der Waals surface area contributed by atoms with Gasteiger partial charge in [0.25, 0.3) is 0 Å². The van der Waals surface area contributed by atoms with Crippen molar-refractivity contribution < 1.29 is 24.2 Å². The third-order valence-electron chi connectivity index (χ3n) is 6.79. The van der Waals surface area contributed by atoms with Gasteiger partial charge in [0.1, 0.15) is 11.4 Å². The van der Waals surface area contributed by atoms with E-state index in [-0.39, 0.29) is 12.6 Å². The van der Waals surface area contributed by atoms with Crippen LogP contribution in [0.3, 0.4) is 0 Å². The lowest BCUT2D eigenvalue weighted by molar-refractivity contribution is 0.00195. The smallest absolute Gasteiger partial charge is 0.410 e. The second-order valence-corrected chi connectivity index (χ2v) is 11.1. The molecule has 0 bridgehead atoms. The minimum absolute atomic E-state index is 0.109. The van der Waals surface area contributed by atoms with Crippen LogP contribution in [0.15, 0.2) is 60.7 Å². The highest BCUT2D eigenvalue weighted by molar-refractivity contribution is 6.30. The van der Waals surface area contributed by atoms with Gasteiger partial charge in [0.15, 0.2) is 6.29 Å². The topological polar surface area (TPSA) is 76.1 Å². The number of methoxy groups -OCH3 is 1. The molecule has 200 valence electrons. The number of ether oxygens (including phenoxy) is 2. The van der Waals surface area contributed by atoms with E-state index in [9.17, 15) is 14.7 Å². The second-order valence-electron chi connectivity index (χ2n) is 10.7. The van der Waals surface area contributed by atoms with Crippen LogP contribution in [0.2, 0.25) is 5.02 Å². The maximum atomic E-state index is 13.3. The average Bonchev–Trinajstić information content (AvgIpc) is 2.89. The zero-order chi connectivity index (χ0) is 27.4. The number of aldehydes is 1. The van der Waals surface area contributed by atoms with Gasteiger partial charge in [-0.2, -0.15) is 0 Å². The molecule has 0 spiro atoms. The molecule has 0 heterocycles. The van der Waals surface area contributed by atoms with Crippen molar-refractivity contribution in [1.29, 1.82) is 0 Å². The lowest BCUT2D eigenvalue weighted by Gasteiger charge is -2.37. The summed E-state index contributed by atoms with van der Waals surface area (Å²) < 4.78 is 11.0. The zero-order valence-corrected chi connectivity index (χ0v) is 23.0. The predicted molar refractivity (Wildman–Crippen MR) is 149 cm³/mol. The molecule has 0 radical (unpaired) electrons. The van der Waals surface area contributed by atoms with Crippen LogP contribution >= 0.6 is 11.6 Å². The van der Waals surface area contributed by atoms with Crippen LogP contribution in [0.25, 0.3) is 11.1 Å². The number of benzene rings is 3. The van der Waals surface area contributed by atoms with Crippen LogP contribution in [0.1, 0.15) is 60.3 Å². The van der Waals surface area contributed by atoms with Gasteiger partial charge in [-0.25, -0.2) is 4.79 Å². The van der Waals surface area contributed by atoms with Gasteiger partial charge in [-0.05, 0) is 92.1 Å². The fraction of sp³-hybridized carbons (Fsp3) is 0.355. The number of amides is 1. The fourth-order valence-corrected chi connectivity index (χ4v) is 4.99. The summed E-state index contributed by atoms with van der Waals surface area (Å²) in [7, 11) is 1.54. The molecule has 3 aromatic rings. The Balaban J connectivity index is 1.61. The molecule has 0 aliphatic heterocycles. The van der Waals surface area contributed by atoms with Crippen LogP contribution in [-0.4, -0.2) is 47.7 Å². The standard InChI is InChI=1S/C31H34ClNO5/c1-31(2,3)38-30(36)33(18-28(35)21-7-11-26(32)12-8-21)27-13-9-20-5-6-22(15-24(20)17-27)23-10-14-29(37-4)25(16-23)19-34/h5-8,10-12,14-16,19,27-28,35H,9,13,17-18H2,1-4H3/t27-,28-/m0/s1. The highest BCUT2D eigenvalue weighted by Crippen LogP contribution is 2.32. The fourth-order valence-electron chi connectivity index (χ4n) is 4.86. The molecule has 0 unspecified atom stereocenters. The van der Waals surface area contributed by atoms with Crippen molar-refractivity contribution in [3.8, 4) is 16.9 Å². The van der Waals surface area contributed by atoms with Crippen molar-refractivity contribution in [2.24, 2.45) is 0 Å². The highest BCUT2D eigenvalue weighted by atomic mass is 35.5. The first-order chi connectivity index (χ1) is 18.1. The molecule has 0 saturated carbocycles. The summed E-state index contributed by atoms with van der Waals surface area (Å²) in [5, 5.41) is 11.6. The molecule has 0 fully saturated rings. The lowest BCUT2D eigenvalue weighted by Crippen LogP contribution is -2.47. The molecule has 1 N–H and O–H groups in total. The summed E-state index contributed by atoms with van der Waals surface area (Å²) in [6, 6.07) is 18.7. The van der Waals surface area contributed by atoms with Gasteiger partial charge in [0.05, 0.1) is 25.3 Å². The number of rotatable bonds is 7. The Morgan fingerprint density at radius 1 is 1.08 bits per heavy atom. The number of fused-ring (bicyclic) bond motifs is 1. The van der Waals surface area contributed by atoms with Gasteiger partial charge >= 0.3 is 6.09 Å². The molecule has 1 aliphatic carbocycles. The minimum atomic E-state index is -0.881. The molecular weight excluding hydrogens is 502 g/mol. The van der Waals surface area contributed by atoms with E-state index < -0.39 is 17.8 Å². The van der Waals surface area contributed by atoms with Crippen LogP contribution < -0.4 is 4.74 Å². The van der Waals surface area contributed by atoms with Gasteiger partial charge in [-0.15, -0.1) is 0 Å². The van der Waals surface area contributed by atoms with E-state index in [4.69, 9.17) is 21.1 Å².